The lowest BCUT2D eigenvalue weighted by atomic mass is 10.0. The van der Waals surface area contributed by atoms with Crippen LogP contribution in [0.25, 0.3) is 10.4 Å². The number of alkyl halides is 3. The standard InChI is InChI=1S/C17H18F3N5O3S/c1-9-13(10-4-2-3-5-11(10)14(21)27)29-16(24-9)25-15(28)22-7-6-12(26)23-8-17(18,19)20/h2-5H,6-8H2,1H3,(H2,21,27)(H,23,26)(H2,22,24,25,28). The number of aryl methyl sites for hydroxylation is 1. The molecule has 0 unspecified atom stereocenters. The third kappa shape index (κ3) is 6.75. The van der Waals surface area contributed by atoms with Crippen molar-refractivity contribution < 1.29 is 27.6 Å². The van der Waals surface area contributed by atoms with Gasteiger partial charge in [-0.3, -0.25) is 14.9 Å². The number of amides is 4. The Morgan fingerprint density at radius 1 is 1.17 bits per heavy atom. The number of carbonyl (C=O) groups is 3. The Balaban J connectivity index is 1.92. The van der Waals surface area contributed by atoms with Gasteiger partial charge in [0, 0.05) is 24.1 Å². The molecule has 8 nitrogen and oxygen atoms in total. The number of aromatic nitrogens is 1. The molecule has 2 rings (SSSR count). The number of carbonyl (C=O) groups excluding carboxylic acids is 3. The van der Waals surface area contributed by atoms with Crippen molar-refractivity contribution in [2.24, 2.45) is 5.73 Å². The minimum Gasteiger partial charge on any atom is -0.366 e. The molecule has 0 bridgehead atoms. The van der Waals surface area contributed by atoms with Gasteiger partial charge in [0.15, 0.2) is 5.13 Å². The molecule has 29 heavy (non-hydrogen) atoms. The molecule has 12 heteroatoms. The van der Waals surface area contributed by atoms with Crippen LogP contribution in [-0.2, 0) is 4.79 Å². The average molecular weight is 429 g/mol. The van der Waals surface area contributed by atoms with Gasteiger partial charge in [-0.25, -0.2) is 9.78 Å². The quantitative estimate of drug-likeness (QED) is 0.539. The van der Waals surface area contributed by atoms with Gasteiger partial charge in [0.05, 0.1) is 10.6 Å². The van der Waals surface area contributed by atoms with Crippen LogP contribution in [0, 0.1) is 6.92 Å². The lowest BCUT2D eigenvalue weighted by Gasteiger charge is -2.09. The first-order valence-electron chi connectivity index (χ1n) is 8.32. The maximum atomic E-state index is 12.0. The highest BCUT2D eigenvalue weighted by Gasteiger charge is 2.27. The summed E-state index contributed by atoms with van der Waals surface area (Å²) >= 11 is 1.13. The van der Waals surface area contributed by atoms with Crippen molar-refractivity contribution in [3.63, 3.8) is 0 Å². The van der Waals surface area contributed by atoms with Crippen molar-refractivity contribution >= 4 is 34.3 Å². The van der Waals surface area contributed by atoms with E-state index < -0.39 is 30.6 Å². The van der Waals surface area contributed by atoms with Crippen LogP contribution in [0.4, 0.5) is 23.1 Å². The first-order valence-corrected chi connectivity index (χ1v) is 9.13. The third-order valence-electron chi connectivity index (χ3n) is 3.58. The number of thiazole rings is 1. The first-order chi connectivity index (χ1) is 13.6. The number of primary amides is 1. The molecule has 0 aliphatic rings. The number of hydrogen-bond acceptors (Lipinski definition) is 5. The van der Waals surface area contributed by atoms with E-state index >= 15 is 0 Å². The van der Waals surface area contributed by atoms with Crippen molar-refractivity contribution in [1.29, 1.82) is 0 Å². The van der Waals surface area contributed by atoms with Crippen molar-refractivity contribution in [2.75, 3.05) is 18.4 Å². The number of anilines is 1. The summed E-state index contributed by atoms with van der Waals surface area (Å²) in [7, 11) is 0. The van der Waals surface area contributed by atoms with Gasteiger partial charge in [-0.15, -0.1) is 0 Å². The molecule has 2 aromatic rings. The van der Waals surface area contributed by atoms with Crippen LogP contribution in [0.1, 0.15) is 22.5 Å². The third-order valence-corrected chi connectivity index (χ3v) is 4.68. The Labute approximate surface area is 167 Å². The van der Waals surface area contributed by atoms with Gasteiger partial charge in [-0.2, -0.15) is 13.2 Å². The van der Waals surface area contributed by atoms with Gasteiger partial charge in [0.2, 0.25) is 11.8 Å². The fourth-order valence-electron chi connectivity index (χ4n) is 2.31. The first kappa shape index (κ1) is 22.1. The van der Waals surface area contributed by atoms with E-state index in [0.29, 0.717) is 21.7 Å². The highest BCUT2D eigenvalue weighted by atomic mass is 32.1. The molecule has 156 valence electrons. The zero-order valence-corrected chi connectivity index (χ0v) is 16.0. The minimum atomic E-state index is -4.49. The average Bonchev–Trinajstić information content (AvgIpc) is 2.99. The van der Waals surface area contributed by atoms with Crippen molar-refractivity contribution in [2.45, 2.75) is 19.5 Å². The largest absolute Gasteiger partial charge is 0.405 e. The van der Waals surface area contributed by atoms with E-state index in [1.54, 1.807) is 36.5 Å². The molecule has 0 aliphatic carbocycles. The Bertz CT molecular complexity index is 914. The summed E-state index contributed by atoms with van der Waals surface area (Å²) in [6.07, 6.45) is -4.80. The summed E-state index contributed by atoms with van der Waals surface area (Å²) in [5.74, 6) is -1.43. The van der Waals surface area contributed by atoms with Gasteiger partial charge in [-0.1, -0.05) is 29.5 Å². The number of benzene rings is 1. The molecule has 0 saturated heterocycles. The number of halogens is 3. The van der Waals surface area contributed by atoms with Gasteiger partial charge >= 0.3 is 12.2 Å². The van der Waals surface area contributed by atoms with Gasteiger partial charge < -0.3 is 16.4 Å². The van der Waals surface area contributed by atoms with Crippen molar-refractivity contribution in [1.82, 2.24) is 15.6 Å². The highest BCUT2D eigenvalue weighted by Crippen LogP contribution is 2.34. The molecule has 0 aliphatic heterocycles. The van der Waals surface area contributed by atoms with Crippen LogP contribution in [-0.4, -0.2) is 42.1 Å². The fourth-order valence-corrected chi connectivity index (χ4v) is 3.31. The summed E-state index contributed by atoms with van der Waals surface area (Å²) in [6.45, 7) is 0.126. The number of hydrogen-bond donors (Lipinski definition) is 4. The second kappa shape index (κ2) is 9.37. The summed E-state index contributed by atoms with van der Waals surface area (Å²) in [5, 5.41) is 6.79. The molecule has 4 amide bonds. The normalized spacial score (nSPS) is 11.0. The monoisotopic (exact) mass is 429 g/mol. The Kier molecular flexibility index (Phi) is 7.15. The zero-order chi connectivity index (χ0) is 21.6. The topological polar surface area (TPSA) is 126 Å². The van der Waals surface area contributed by atoms with Gasteiger partial charge in [-0.05, 0) is 13.0 Å². The van der Waals surface area contributed by atoms with Crippen LogP contribution in [0.2, 0.25) is 0 Å². The summed E-state index contributed by atoms with van der Waals surface area (Å²) < 4.78 is 36.0. The molecule has 0 atom stereocenters. The predicted octanol–water partition coefficient (Wildman–Crippen LogP) is 2.41. The van der Waals surface area contributed by atoms with Crippen LogP contribution < -0.4 is 21.7 Å². The molecule has 0 spiro atoms. The molecule has 0 radical (unpaired) electrons. The molecular formula is C17H18F3N5O3S. The number of nitrogens with two attached hydrogens (primary N) is 1. The summed E-state index contributed by atoms with van der Waals surface area (Å²) in [6, 6.07) is 6.05. The molecular weight excluding hydrogens is 411 g/mol. The predicted molar refractivity (Wildman–Crippen MR) is 102 cm³/mol. The Morgan fingerprint density at radius 2 is 1.86 bits per heavy atom. The van der Waals surface area contributed by atoms with Crippen molar-refractivity contribution in [3.8, 4) is 10.4 Å². The van der Waals surface area contributed by atoms with Crippen LogP contribution in [0.3, 0.4) is 0 Å². The zero-order valence-electron chi connectivity index (χ0n) is 15.2. The smallest absolute Gasteiger partial charge is 0.366 e. The van der Waals surface area contributed by atoms with E-state index in [1.807, 2.05) is 0 Å². The number of rotatable bonds is 7. The second-order valence-electron chi connectivity index (χ2n) is 5.87. The minimum absolute atomic E-state index is 0.156. The van der Waals surface area contributed by atoms with Crippen molar-refractivity contribution in [3.05, 3.63) is 35.5 Å². The van der Waals surface area contributed by atoms with E-state index in [2.05, 4.69) is 15.6 Å². The van der Waals surface area contributed by atoms with Crippen LogP contribution in [0.5, 0.6) is 0 Å². The number of nitrogens with zero attached hydrogens (tertiary/aromatic N) is 1. The Morgan fingerprint density at radius 3 is 2.52 bits per heavy atom. The summed E-state index contributed by atoms with van der Waals surface area (Å²) in [5.41, 5.74) is 6.87. The molecule has 0 fully saturated rings. The lowest BCUT2D eigenvalue weighted by molar-refractivity contribution is -0.138. The highest BCUT2D eigenvalue weighted by molar-refractivity contribution is 7.19. The second-order valence-corrected chi connectivity index (χ2v) is 6.87. The maximum absolute atomic E-state index is 12.0. The molecule has 1 aromatic heterocycles. The van der Waals surface area contributed by atoms with E-state index in [9.17, 15) is 27.6 Å². The number of urea groups is 1. The fraction of sp³-hybridized carbons (Fsp3) is 0.294. The van der Waals surface area contributed by atoms with E-state index in [0.717, 1.165) is 11.3 Å². The van der Waals surface area contributed by atoms with E-state index in [1.165, 1.54) is 0 Å². The SMILES string of the molecule is Cc1nc(NC(=O)NCCC(=O)NCC(F)(F)F)sc1-c1ccccc1C(N)=O. The summed E-state index contributed by atoms with van der Waals surface area (Å²) in [4.78, 5) is 39.7. The van der Waals surface area contributed by atoms with E-state index in [-0.39, 0.29) is 18.1 Å². The molecule has 1 aromatic carbocycles. The van der Waals surface area contributed by atoms with Gasteiger partial charge in [0.25, 0.3) is 0 Å². The van der Waals surface area contributed by atoms with Gasteiger partial charge in [0.1, 0.15) is 6.54 Å². The Hall–Kier alpha value is -3.15. The molecule has 5 N–H and O–H groups in total. The molecule has 0 saturated carbocycles. The maximum Gasteiger partial charge on any atom is 0.405 e. The number of nitrogens with one attached hydrogen (secondary N) is 3. The van der Waals surface area contributed by atoms with E-state index in [4.69, 9.17) is 5.73 Å². The lowest BCUT2D eigenvalue weighted by Crippen LogP contribution is -2.37. The van der Waals surface area contributed by atoms with Crippen LogP contribution in [0.15, 0.2) is 24.3 Å². The molecule has 1 heterocycles. The van der Waals surface area contributed by atoms with Crippen LogP contribution >= 0.6 is 11.3 Å².